The summed E-state index contributed by atoms with van der Waals surface area (Å²) in [6.45, 7) is 0.0423. The van der Waals surface area contributed by atoms with Gasteiger partial charge in [-0.05, 0) is 35.9 Å². The molecular weight excluding hydrogens is 314 g/mol. The van der Waals surface area contributed by atoms with Crippen molar-refractivity contribution in [3.05, 3.63) is 64.9 Å². The summed E-state index contributed by atoms with van der Waals surface area (Å²) >= 11 is 5.94. The van der Waals surface area contributed by atoms with Crippen LogP contribution < -0.4 is 4.74 Å². The Morgan fingerprint density at radius 2 is 1.96 bits per heavy atom. The van der Waals surface area contributed by atoms with E-state index in [0.29, 0.717) is 27.5 Å². The maximum atomic E-state index is 10.2. The Morgan fingerprint density at radius 1 is 1.17 bits per heavy atom. The molecule has 1 N–H and O–H groups in total. The molecule has 0 amide bonds. The number of nitriles is 1. The Labute approximate surface area is 137 Å². The molecule has 3 aromatic rings. The van der Waals surface area contributed by atoms with Crippen molar-refractivity contribution in [2.45, 2.75) is 6.10 Å². The van der Waals surface area contributed by atoms with Crippen LogP contribution in [-0.4, -0.2) is 21.7 Å². The van der Waals surface area contributed by atoms with Crippen LogP contribution >= 0.6 is 11.6 Å². The van der Waals surface area contributed by atoms with E-state index in [4.69, 9.17) is 21.6 Å². The Bertz CT molecular complexity index is 875. The van der Waals surface area contributed by atoms with Crippen molar-refractivity contribution >= 4 is 22.5 Å². The van der Waals surface area contributed by atoms with E-state index in [-0.39, 0.29) is 6.61 Å². The largest absolute Gasteiger partial charge is 0.474 e. The molecule has 0 unspecified atom stereocenters. The Balaban J connectivity index is 1.76. The van der Waals surface area contributed by atoms with Crippen molar-refractivity contribution < 1.29 is 9.84 Å². The fourth-order valence-electron chi connectivity index (χ4n) is 2.15. The number of nitrogens with zero attached hydrogens (tertiary/aromatic N) is 3. The lowest BCUT2D eigenvalue weighted by Crippen LogP contribution is -2.10. The number of hydrogen-bond donors (Lipinski definition) is 1. The van der Waals surface area contributed by atoms with Crippen molar-refractivity contribution in [2.24, 2.45) is 0 Å². The van der Waals surface area contributed by atoms with Crippen LogP contribution in [0.5, 0.6) is 5.88 Å². The summed E-state index contributed by atoms with van der Waals surface area (Å²) < 4.78 is 5.62. The average Bonchev–Trinajstić information content (AvgIpc) is 2.59. The summed E-state index contributed by atoms with van der Waals surface area (Å²) in [4.78, 5) is 8.24. The van der Waals surface area contributed by atoms with Crippen LogP contribution in [0.3, 0.4) is 0 Å². The summed E-state index contributed by atoms with van der Waals surface area (Å²) in [5.41, 5.74) is 1.89. The number of benzene rings is 2. The van der Waals surface area contributed by atoms with Gasteiger partial charge in [0.1, 0.15) is 19.0 Å². The van der Waals surface area contributed by atoms with Gasteiger partial charge in [0, 0.05) is 5.02 Å². The predicted octanol–water partition coefficient (Wildman–Crippen LogP) is 3.27. The van der Waals surface area contributed by atoms with Gasteiger partial charge in [-0.3, -0.25) is 0 Å². The number of halogens is 1. The van der Waals surface area contributed by atoms with Crippen LogP contribution in [0.4, 0.5) is 0 Å². The molecule has 0 aliphatic carbocycles. The third-order valence-electron chi connectivity index (χ3n) is 3.36. The zero-order valence-electron chi connectivity index (χ0n) is 12.0. The second-order valence-electron chi connectivity index (χ2n) is 4.90. The van der Waals surface area contributed by atoms with Crippen molar-refractivity contribution in [2.75, 3.05) is 6.61 Å². The molecule has 1 atom stereocenters. The second kappa shape index (κ2) is 6.61. The predicted molar refractivity (Wildman–Crippen MR) is 86.2 cm³/mol. The van der Waals surface area contributed by atoms with Gasteiger partial charge in [-0.25, -0.2) is 9.97 Å². The molecule has 114 valence electrons. The molecule has 1 aromatic heterocycles. The average molecular weight is 326 g/mol. The van der Waals surface area contributed by atoms with E-state index in [1.165, 1.54) is 6.33 Å². The summed E-state index contributed by atoms with van der Waals surface area (Å²) in [6.07, 6.45) is 0.572. The minimum atomic E-state index is -0.819. The number of aliphatic hydroxyl groups excluding tert-OH is 1. The van der Waals surface area contributed by atoms with Crippen LogP contribution in [0.15, 0.2) is 48.8 Å². The molecule has 23 heavy (non-hydrogen) atoms. The number of fused-ring (bicyclic) bond motifs is 1. The lowest BCUT2D eigenvalue weighted by molar-refractivity contribution is 0.106. The highest BCUT2D eigenvalue weighted by Gasteiger charge is 2.11. The van der Waals surface area contributed by atoms with Gasteiger partial charge in [-0.15, -0.1) is 0 Å². The molecule has 0 bridgehead atoms. The maximum absolute atomic E-state index is 10.2. The highest BCUT2D eigenvalue weighted by atomic mass is 35.5. The van der Waals surface area contributed by atoms with Gasteiger partial charge < -0.3 is 9.84 Å². The third-order valence-corrected chi connectivity index (χ3v) is 3.60. The van der Waals surface area contributed by atoms with Crippen LogP contribution in [0.1, 0.15) is 17.2 Å². The van der Waals surface area contributed by atoms with E-state index in [1.54, 1.807) is 42.5 Å². The molecule has 0 radical (unpaired) electrons. The normalized spacial score (nSPS) is 11.9. The monoisotopic (exact) mass is 325 g/mol. The molecule has 0 aliphatic rings. The lowest BCUT2D eigenvalue weighted by Gasteiger charge is -2.13. The van der Waals surface area contributed by atoms with Crippen molar-refractivity contribution in [3.8, 4) is 11.9 Å². The van der Waals surface area contributed by atoms with Crippen molar-refractivity contribution in [1.82, 2.24) is 9.97 Å². The van der Waals surface area contributed by atoms with Crippen LogP contribution in [0.2, 0.25) is 5.02 Å². The molecule has 2 aromatic carbocycles. The minimum absolute atomic E-state index is 0.0423. The quantitative estimate of drug-likeness (QED) is 0.796. The smallest absolute Gasteiger partial charge is 0.224 e. The number of aromatic nitrogens is 2. The molecule has 5 nitrogen and oxygen atoms in total. The highest BCUT2D eigenvalue weighted by Crippen LogP contribution is 2.25. The van der Waals surface area contributed by atoms with E-state index in [0.717, 1.165) is 5.39 Å². The highest BCUT2D eigenvalue weighted by molar-refractivity contribution is 6.31. The van der Waals surface area contributed by atoms with Crippen LogP contribution in [0.25, 0.3) is 10.9 Å². The molecular formula is C17H12ClN3O2. The zero-order chi connectivity index (χ0) is 16.2. The molecule has 0 aliphatic heterocycles. The van der Waals surface area contributed by atoms with Gasteiger partial charge in [-0.1, -0.05) is 23.7 Å². The topological polar surface area (TPSA) is 79.0 Å². The number of aliphatic hydroxyl groups is 1. The Morgan fingerprint density at radius 3 is 2.70 bits per heavy atom. The molecule has 0 saturated carbocycles. The van der Waals surface area contributed by atoms with Crippen LogP contribution in [-0.2, 0) is 0 Å². The summed E-state index contributed by atoms with van der Waals surface area (Å²) in [5.74, 6) is 0.388. The van der Waals surface area contributed by atoms with E-state index in [9.17, 15) is 5.11 Å². The molecule has 6 heteroatoms. The van der Waals surface area contributed by atoms with Gasteiger partial charge >= 0.3 is 0 Å². The first-order chi connectivity index (χ1) is 11.2. The Hall–Kier alpha value is -2.68. The summed E-state index contributed by atoms with van der Waals surface area (Å²) in [5, 5.41) is 20.3. The first-order valence-corrected chi connectivity index (χ1v) is 7.26. The van der Waals surface area contributed by atoms with Gasteiger partial charge in [0.05, 0.1) is 22.5 Å². The van der Waals surface area contributed by atoms with E-state index >= 15 is 0 Å². The van der Waals surface area contributed by atoms with Gasteiger partial charge in [0.25, 0.3) is 0 Å². The Kier molecular flexibility index (Phi) is 4.38. The fourth-order valence-corrected chi connectivity index (χ4v) is 2.32. The number of rotatable bonds is 4. The van der Waals surface area contributed by atoms with Crippen LogP contribution in [0, 0.1) is 11.3 Å². The van der Waals surface area contributed by atoms with E-state index < -0.39 is 6.10 Å². The van der Waals surface area contributed by atoms with Gasteiger partial charge in [0.2, 0.25) is 5.88 Å². The fraction of sp³-hybridized carbons (Fsp3) is 0.118. The van der Waals surface area contributed by atoms with Crippen molar-refractivity contribution in [1.29, 1.82) is 5.26 Å². The first kappa shape index (κ1) is 15.2. The lowest BCUT2D eigenvalue weighted by atomic mass is 10.1. The molecule has 3 rings (SSSR count). The number of hydrogen-bond acceptors (Lipinski definition) is 5. The first-order valence-electron chi connectivity index (χ1n) is 6.88. The van der Waals surface area contributed by atoms with E-state index in [1.807, 2.05) is 6.07 Å². The van der Waals surface area contributed by atoms with Crippen molar-refractivity contribution in [3.63, 3.8) is 0 Å². The molecule has 0 fully saturated rings. The maximum Gasteiger partial charge on any atom is 0.224 e. The van der Waals surface area contributed by atoms with E-state index in [2.05, 4.69) is 9.97 Å². The summed E-state index contributed by atoms with van der Waals surface area (Å²) in [6, 6.07) is 14.0. The zero-order valence-corrected chi connectivity index (χ0v) is 12.7. The SMILES string of the molecule is N#Cc1ccc([C@@H](O)COc2ncnc3cc(Cl)ccc23)cc1. The van der Waals surface area contributed by atoms with Gasteiger partial charge in [0.15, 0.2) is 0 Å². The minimum Gasteiger partial charge on any atom is -0.474 e. The third kappa shape index (κ3) is 3.39. The summed E-state index contributed by atoms with van der Waals surface area (Å²) in [7, 11) is 0. The number of ether oxygens (including phenoxy) is 1. The molecule has 0 spiro atoms. The second-order valence-corrected chi connectivity index (χ2v) is 5.34. The molecule has 0 saturated heterocycles. The standard InChI is InChI=1S/C17H12ClN3O2/c18-13-5-6-14-15(7-13)20-10-21-17(14)23-9-16(22)12-3-1-11(8-19)2-4-12/h1-7,10,16,22H,9H2/t16-/m0/s1. The van der Waals surface area contributed by atoms with Gasteiger partial charge in [-0.2, -0.15) is 5.26 Å². The molecule has 1 heterocycles.